The summed E-state index contributed by atoms with van der Waals surface area (Å²) in [7, 11) is 0. The molecule has 0 fully saturated rings. The first-order valence-corrected chi connectivity index (χ1v) is 10.3. The minimum absolute atomic E-state index is 0.100. The molecule has 0 atom stereocenters. The molecule has 0 radical (unpaired) electrons. The van der Waals surface area contributed by atoms with Crippen LogP contribution in [0.1, 0.15) is 29.9 Å². The lowest BCUT2D eigenvalue weighted by Gasteiger charge is -2.20. The van der Waals surface area contributed by atoms with Crippen LogP contribution in [0.25, 0.3) is 28.0 Å². The number of hydrogen-bond donors (Lipinski definition) is 2. The Morgan fingerprint density at radius 3 is 2.23 bits per heavy atom. The fraction of sp³-hybridized carbons (Fsp3) is 0.167. The quantitative estimate of drug-likeness (QED) is 0.395. The lowest BCUT2D eigenvalue weighted by atomic mass is 10.0. The molecule has 11 heteroatoms. The molecular weight excluding hydrogens is 468 g/mol. The van der Waals surface area contributed by atoms with Gasteiger partial charge in [-0.1, -0.05) is 42.5 Å². The Balaban J connectivity index is 1.82. The lowest BCUT2D eigenvalue weighted by molar-refractivity contribution is -0.143. The highest BCUT2D eigenvalue weighted by Crippen LogP contribution is 2.33. The number of carboxylic acids is 1. The summed E-state index contributed by atoms with van der Waals surface area (Å²) in [6.07, 6.45) is -3.93. The molecule has 0 spiro atoms. The minimum atomic E-state index is -4.83. The van der Waals surface area contributed by atoms with Crippen LogP contribution < -0.4 is 5.32 Å². The number of fused-ring (bicyclic) bond motifs is 1. The summed E-state index contributed by atoms with van der Waals surface area (Å²) in [6, 6.07) is 12.9. The fourth-order valence-electron chi connectivity index (χ4n) is 3.39. The number of nitrogens with one attached hydrogen (secondary N) is 1. The van der Waals surface area contributed by atoms with Gasteiger partial charge < -0.3 is 10.4 Å². The predicted octanol–water partition coefficient (Wildman–Crippen LogP) is 4.81. The van der Waals surface area contributed by atoms with Crippen LogP contribution in [-0.4, -0.2) is 37.1 Å². The van der Waals surface area contributed by atoms with E-state index in [4.69, 9.17) is 0 Å². The van der Waals surface area contributed by atoms with Crippen molar-refractivity contribution >= 4 is 17.5 Å². The van der Waals surface area contributed by atoms with Crippen LogP contribution in [-0.2, 0) is 11.0 Å². The van der Waals surface area contributed by atoms with E-state index < -0.39 is 40.8 Å². The number of nitrogens with zero attached hydrogens (tertiary/aromatic N) is 3. The number of benzene rings is 2. The number of carbonyl (C=O) groups excluding carboxylic acids is 1. The smallest absolute Gasteiger partial charge is 0.433 e. The first-order valence-electron chi connectivity index (χ1n) is 10.3. The number of hydrogen-bond acceptors (Lipinski definition) is 4. The maximum atomic E-state index is 14.1. The van der Waals surface area contributed by atoms with Crippen LogP contribution in [0.2, 0.25) is 0 Å². The summed E-state index contributed by atoms with van der Waals surface area (Å²) in [5.41, 5.74) is -2.54. The zero-order chi connectivity index (χ0) is 25.5. The number of carbonyl (C=O) groups is 2. The van der Waals surface area contributed by atoms with Gasteiger partial charge in [-0.15, -0.1) is 0 Å². The molecule has 0 aliphatic heterocycles. The molecule has 4 aromatic rings. The van der Waals surface area contributed by atoms with Crippen molar-refractivity contribution in [1.82, 2.24) is 19.9 Å². The Kier molecular flexibility index (Phi) is 5.79. The van der Waals surface area contributed by atoms with Gasteiger partial charge in [0, 0.05) is 11.1 Å². The zero-order valence-corrected chi connectivity index (χ0v) is 18.4. The molecule has 7 nitrogen and oxygen atoms in total. The second-order valence-electron chi connectivity index (χ2n) is 8.26. The standard InChI is InChI=1S/C24H18F4N4O3/c1-23(2,22(34)35)31-21(33)16-12-29-32-19(24(26,27)28)11-18(30-20(16)32)14-9-7-13(8-10-14)15-5-3-4-6-17(15)25/h3-12H,1-2H3,(H,31,33)(H,34,35). The van der Waals surface area contributed by atoms with Crippen molar-refractivity contribution in [1.29, 1.82) is 0 Å². The summed E-state index contributed by atoms with van der Waals surface area (Å²) in [5, 5.41) is 15.2. The number of aromatic nitrogens is 3. The Labute approximate surface area is 196 Å². The monoisotopic (exact) mass is 486 g/mol. The second kappa shape index (κ2) is 8.49. The van der Waals surface area contributed by atoms with Crippen LogP contribution >= 0.6 is 0 Å². The SMILES string of the molecule is CC(C)(NC(=O)c1cnn2c(C(F)(F)F)cc(-c3ccc(-c4ccccc4F)cc3)nc12)C(=O)O. The molecule has 0 saturated carbocycles. The minimum Gasteiger partial charge on any atom is -0.480 e. The van der Waals surface area contributed by atoms with Gasteiger partial charge in [-0.05, 0) is 31.5 Å². The molecule has 1 amide bonds. The molecule has 0 unspecified atom stereocenters. The highest BCUT2D eigenvalue weighted by atomic mass is 19.4. The predicted molar refractivity (Wildman–Crippen MR) is 118 cm³/mol. The molecule has 0 saturated heterocycles. The van der Waals surface area contributed by atoms with E-state index in [9.17, 15) is 32.3 Å². The van der Waals surface area contributed by atoms with Gasteiger partial charge in [0.2, 0.25) is 0 Å². The first kappa shape index (κ1) is 23.9. The topological polar surface area (TPSA) is 96.6 Å². The van der Waals surface area contributed by atoms with Crippen molar-refractivity contribution in [3.8, 4) is 22.4 Å². The van der Waals surface area contributed by atoms with Gasteiger partial charge in [-0.2, -0.15) is 18.3 Å². The summed E-state index contributed by atoms with van der Waals surface area (Å²) < 4.78 is 56.0. The van der Waals surface area contributed by atoms with Crippen LogP contribution in [0.15, 0.2) is 60.8 Å². The number of rotatable bonds is 5. The van der Waals surface area contributed by atoms with Crippen LogP contribution in [0.3, 0.4) is 0 Å². The van der Waals surface area contributed by atoms with Gasteiger partial charge in [0.15, 0.2) is 11.3 Å². The molecule has 2 N–H and O–H groups in total. The maximum Gasteiger partial charge on any atom is 0.433 e. The second-order valence-corrected chi connectivity index (χ2v) is 8.26. The molecule has 0 bridgehead atoms. The fourth-order valence-corrected chi connectivity index (χ4v) is 3.39. The van der Waals surface area contributed by atoms with Crippen LogP contribution in [0.4, 0.5) is 17.6 Å². The van der Waals surface area contributed by atoms with E-state index in [1.807, 2.05) is 0 Å². The Hall–Kier alpha value is -4.28. The van der Waals surface area contributed by atoms with E-state index in [-0.39, 0.29) is 16.8 Å². The van der Waals surface area contributed by atoms with E-state index in [1.54, 1.807) is 30.3 Å². The van der Waals surface area contributed by atoms with Crippen molar-refractivity contribution in [3.05, 3.63) is 77.9 Å². The Bertz CT molecular complexity index is 1440. The molecule has 0 aliphatic carbocycles. The largest absolute Gasteiger partial charge is 0.480 e. The van der Waals surface area contributed by atoms with E-state index in [0.717, 1.165) is 12.3 Å². The number of amides is 1. The highest BCUT2D eigenvalue weighted by Gasteiger charge is 2.37. The molecule has 2 heterocycles. The molecular formula is C24H18F4N4O3. The van der Waals surface area contributed by atoms with Crippen LogP contribution in [0, 0.1) is 5.82 Å². The average Bonchev–Trinajstić information content (AvgIpc) is 3.22. The lowest BCUT2D eigenvalue weighted by Crippen LogP contribution is -2.49. The summed E-state index contributed by atoms with van der Waals surface area (Å²) >= 11 is 0. The van der Waals surface area contributed by atoms with E-state index in [0.29, 0.717) is 15.6 Å². The average molecular weight is 486 g/mol. The molecule has 35 heavy (non-hydrogen) atoms. The van der Waals surface area contributed by atoms with Gasteiger partial charge >= 0.3 is 12.1 Å². The summed E-state index contributed by atoms with van der Waals surface area (Å²) in [4.78, 5) is 28.3. The number of aliphatic carboxylic acids is 1. The maximum absolute atomic E-state index is 14.1. The van der Waals surface area contributed by atoms with Crippen LogP contribution in [0.5, 0.6) is 0 Å². The van der Waals surface area contributed by atoms with Crippen molar-refractivity contribution in [2.45, 2.75) is 25.6 Å². The van der Waals surface area contributed by atoms with Crippen molar-refractivity contribution in [2.24, 2.45) is 0 Å². The van der Waals surface area contributed by atoms with E-state index in [1.165, 1.54) is 32.0 Å². The van der Waals surface area contributed by atoms with Gasteiger partial charge in [0.1, 0.15) is 16.9 Å². The van der Waals surface area contributed by atoms with Gasteiger partial charge in [0.25, 0.3) is 5.91 Å². The summed E-state index contributed by atoms with van der Waals surface area (Å²) in [5.74, 6) is -2.72. The van der Waals surface area contributed by atoms with Gasteiger partial charge in [-0.3, -0.25) is 4.79 Å². The van der Waals surface area contributed by atoms with Crippen molar-refractivity contribution < 1.29 is 32.3 Å². The van der Waals surface area contributed by atoms with Crippen molar-refractivity contribution in [3.63, 3.8) is 0 Å². The Morgan fingerprint density at radius 1 is 1.00 bits per heavy atom. The number of halogens is 4. The van der Waals surface area contributed by atoms with Gasteiger partial charge in [-0.25, -0.2) is 18.7 Å². The highest BCUT2D eigenvalue weighted by molar-refractivity contribution is 6.02. The van der Waals surface area contributed by atoms with Gasteiger partial charge in [0.05, 0.1) is 11.9 Å². The van der Waals surface area contributed by atoms with E-state index >= 15 is 0 Å². The normalized spacial score (nSPS) is 12.1. The molecule has 2 aromatic carbocycles. The number of carboxylic acid groups (broad SMARTS) is 1. The third kappa shape index (κ3) is 4.57. The molecule has 180 valence electrons. The first-order chi connectivity index (χ1) is 16.4. The zero-order valence-electron chi connectivity index (χ0n) is 18.4. The van der Waals surface area contributed by atoms with E-state index in [2.05, 4.69) is 15.4 Å². The molecule has 4 rings (SSSR count). The Morgan fingerprint density at radius 2 is 1.63 bits per heavy atom. The third-order valence-corrected chi connectivity index (χ3v) is 5.33. The van der Waals surface area contributed by atoms with Crippen molar-refractivity contribution in [2.75, 3.05) is 0 Å². The number of alkyl halides is 3. The molecule has 0 aliphatic rings. The summed E-state index contributed by atoms with van der Waals surface area (Å²) in [6.45, 7) is 2.46. The third-order valence-electron chi connectivity index (χ3n) is 5.33. The molecule has 2 aromatic heterocycles.